The second kappa shape index (κ2) is 14.1. The van der Waals surface area contributed by atoms with Crippen LogP contribution in [0.3, 0.4) is 0 Å². The average molecular weight is 627 g/mol. The highest BCUT2D eigenvalue weighted by Gasteiger charge is 2.52. The van der Waals surface area contributed by atoms with Crippen LogP contribution >= 0.6 is 0 Å². The fraction of sp³-hybridized carbons (Fsp3) is 0.548. The Balaban J connectivity index is 1.67. The molecular weight excluding hydrogens is 588 g/mol. The molecule has 2 aromatic rings. The van der Waals surface area contributed by atoms with Crippen molar-refractivity contribution in [2.75, 3.05) is 47.1 Å². The zero-order valence-corrected chi connectivity index (χ0v) is 24.7. The van der Waals surface area contributed by atoms with Crippen LogP contribution in [-0.2, 0) is 39.0 Å². The lowest BCUT2D eigenvalue weighted by Gasteiger charge is -2.45. The standard InChI is InChI=1S/C31H38F4N2O7/c1-42-11-3-4-20-14-21(16-24(15-20)44-13-12-43-2)18-37(23-6-7-23)28(38)26-19-36(29(39)40)10-9-30(26,41)25-8-5-22(17-27(25)32)31(33,34)35/h5,8,14-17,23,26,41H,3-4,6-7,9-13,18-19H2,1-2H3,(H,39,40)/t26-,30+/m1/s1. The second-order valence-electron chi connectivity index (χ2n) is 11.3. The molecule has 1 aliphatic carbocycles. The van der Waals surface area contributed by atoms with E-state index in [0.29, 0.717) is 50.9 Å². The lowest BCUT2D eigenvalue weighted by atomic mass is 9.74. The Kier molecular flexibility index (Phi) is 10.7. The Labute approximate surface area is 253 Å². The van der Waals surface area contributed by atoms with E-state index in [1.165, 1.54) is 0 Å². The van der Waals surface area contributed by atoms with E-state index in [-0.39, 0.29) is 31.6 Å². The number of benzene rings is 2. The summed E-state index contributed by atoms with van der Waals surface area (Å²) in [5.74, 6) is -2.80. The van der Waals surface area contributed by atoms with Gasteiger partial charge in [-0.3, -0.25) is 4.79 Å². The third-order valence-electron chi connectivity index (χ3n) is 8.09. The van der Waals surface area contributed by atoms with Gasteiger partial charge in [0.05, 0.1) is 18.1 Å². The summed E-state index contributed by atoms with van der Waals surface area (Å²) in [4.78, 5) is 28.6. The topological polar surface area (TPSA) is 109 Å². The van der Waals surface area contributed by atoms with Crippen LogP contribution in [0.2, 0.25) is 0 Å². The number of ether oxygens (including phenoxy) is 3. The molecule has 0 unspecified atom stereocenters. The van der Waals surface area contributed by atoms with Gasteiger partial charge in [0.1, 0.15) is 23.8 Å². The number of rotatable bonds is 13. The predicted octanol–water partition coefficient (Wildman–Crippen LogP) is 4.83. The van der Waals surface area contributed by atoms with E-state index in [4.69, 9.17) is 14.2 Å². The molecule has 1 saturated heterocycles. The molecule has 0 bridgehead atoms. The van der Waals surface area contributed by atoms with E-state index in [1.807, 2.05) is 12.1 Å². The van der Waals surface area contributed by atoms with Crippen LogP contribution in [0.25, 0.3) is 0 Å². The van der Waals surface area contributed by atoms with Gasteiger partial charge in [0.25, 0.3) is 0 Å². The molecule has 4 rings (SSSR count). The molecule has 13 heteroatoms. The van der Waals surface area contributed by atoms with Gasteiger partial charge in [-0.05, 0) is 67.5 Å². The minimum atomic E-state index is -4.81. The average Bonchev–Trinajstić information content (AvgIpc) is 3.81. The van der Waals surface area contributed by atoms with Gasteiger partial charge in [-0.25, -0.2) is 9.18 Å². The Bertz CT molecular complexity index is 1290. The SMILES string of the molecule is COCCCc1cc(CN(C(=O)[C@H]2CN(C(=O)O)CC[C@]2(O)c2ccc(C(F)(F)F)cc2F)C2CC2)cc(OCCOC)c1. The number of carbonyl (C=O) groups is 2. The van der Waals surface area contributed by atoms with Crippen molar-refractivity contribution in [1.82, 2.24) is 9.80 Å². The largest absolute Gasteiger partial charge is 0.491 e. The van der Waals surface area contributed by atoms with E-state index in [9.17, 15) is 33.0 Å². The van der Waals surface area contributed by atoms with Crippen molar-refractivity contribution in [3.8, 4) is 5.75 Å². The van der Waals surface area contributed by atoms with E-state index < -0.39 is 53.2 Å². The normalized spacial score (nSPS) is 20.4. The highest BCUT2D eigenvalue weighted by atomic mass is 19.4. The van der Waals surface area contributed by atoms with Crippen LogP contribution in [0.4, 0.5) is 22.4 Å². The maximum absolute atomic E-state index is 15.2. The van der Waals surface area contributed by atoms with Gasteiger partial charge in [-0.1, -0.05) is 12.1 Å². The molecule has 2 aliphatic rings. The summed E-state index contributed by atoms with van der Waals surface area (Å²) >= 11 is 0. The lowest BCUT2D eigenvalue weighted by Crippen LogP contribution is -2.57. The number of carbonyl (C=O) groups excluding carboxylic acids is 1. The number of alkyl halides is 3. The van der Waals surface area contributed by atoms with Crippen molar-refractivity contribution in [1.29, 1.82) is 0 Å². The number of hydrogen-bond acceptors (Lipinski definition) is 6. The molecular formula is C31H38F4N2O7. The first kappa shape index (κ1) is 33.5. The Morgan fingerprint density at radius 2 is 1.75 bits per heavy atom. The minimum absolute atomic E-state index is 0.109. The molecule has 2 N–H and O–H groups in total. The number of nitrogens with zero attached hydrogens (tertiary/aromatic N) is 2. The summed E-state index contributed by atoms with van der Waals surface area (Å²) in [6.07, 6.45) is -3.71. The van der Waals surface area contributed by atoms with Crippen molar-refractivity contribution in [3.05, 3.63) is 64.5 Å². The Morgan fingerprint density at radius 3 is 2.36 bits per heavy atom. The van der Waals surface area contributed by atoms with E-state index in [1.54, 1.807) is 25.2 Å². The van der Waals surface area contributed by atoms with Crippen molar-refractivity contribution < 1.29 is 51.6 Å². The number of methoxy groups -OCH3 is 2. The maximum Gasteiger partial charge on any atom is 0.416 e. The second-order valence-corrected chi connectivity index (χ2v) is 11.3. The number of aliphatic hydroxyl groups is 1. The third-order valence-corrected chi connectivity index (χ3v) is 8.09. The molecule has 1 heterocycles. The van der Waals surface area contributed by atoms with E-state index in [0.717, 1.165) is 28.5 Å². The van der Waals surface area contributed by atoms with Crippen LogP contribution in [0.1, 0.15) is 47.9 Å². The molecule has 44 heavy (non-hydrogen) atoms. The molecule has 2 atom stereocenters. The minimum Gasteiger partial charge on any atom is -0.491 e. The summed E-state index contributed by atoms with van der Waals surface area (Å²) in [6.45, 7) is 0.662. The quantitative estimate of drug-likeness (QED) is 0.242. The molecule has 242 valence electrons. The maximum atomic E-state index is 15.2. The Hall–Kier alpha value is -3.42. The first-order chi connectivity index (χ1) is 20.9. The summed E-state index contributed by atoms with van der Waals surface area (Å²) in [7, 11) is 3.17. The Morgan fingerprint density at radius 1 is 1.05 bits per heavy atom. The van der Waals surface area contributed by atoms with E-state index >= 15 is 4.39 Å². The molecule has 2 fully saturated rings. The zero-order valence-electron chi connectivity index (χ0n) is 24.7. The molecule has 9 nitrogen and oxygen atoms in total. The van der Waals surface area contributed by atoms with Crippen molar-refractivity contribution >= 4 is 12.0 Å². The molecule has 2 amide bonds. The van der Waals surface area contributed by atoms with Gasteiger partial charge in [0.15, 0.2) is 0 Å². The van der Waals surface area contributed by atoms with Crippen molar-refractivity contribution in [2.45, 2.75) is 56.5 Å². The van der Waals surface area contributed by atoms with Crippen LogP contribution in [0.15, 0.2) is 36.4 Å². The number of halogens is 4. The van der Waals surface area contributed by atoms with Gasteiger partial charge >= 0.3 is 12.3 Å². The zero-order chi connectivity index (χ0) is 32.1. The first-order valence-corrected chi connectivity index (χ1v) is 14.5. The van der Waals surface area contributed by atoms with Crippen LogP contribution in [0.5, 0.6) is 5.75 Å². The smallest absolute Gasteiger partial charge is 0.416 e. The lowest BCUT2D eigenvalue weighted by molar-refractivity contribution is -0.155. The number of aryl methyl sites for hydroxylation is 1. The molecule has 2 aromatic carbocycles. The molecule has 0 aromatic heterocycles. The van der Waals surface area contributed by atoms with Crippen LogP contribution < -0.4 is 4.74 Å². The molecule has 1 aliphatic heterocycles. The fourth-order valence-electron chi connectivity index (χ4n) is 5.64. The highest BCUT2D eigenvalue weighted by molar-refractivity contribution is 5.82. The summed E-state index contributed by atoms with van der Waals surface area (Å²) in [5.41, 5.74) is -2.25. The molecule has 0 spiro atoms. The number of piperidine rings is 1. The van der Waals surface area contributed by atoms with Gasteiger partial charge in [-0.15, -0.1) is 0 Å². The molecule has 0 radical (unpaired) electrons. The summed E-state index contributed by atoms with van der Waals surface area (Å²) in [5, 5.41) is 21.5. The number of carboxylic acid groups (broad SMARTS) is 1. The van der Waals surface area contributed by atoms with Crippen molar-refractivity contribution in [3.63, 3.8) is 0 Å². The van der Waals surface area contributed by atoms with Gasteiger partial charge in [-0.2, -0.15) is 13.2 Å². The van der Waals surface area contributed by atoms with E-state index in [2.05, 4.69) is 0 Å². The first-order valence-electron chi connectivity index (χ1n) is 14.5. The number of hydrogen-bond donors (Lipinski definition) is 2. The predicted molar refractivity (Wildman–Crippen MR) is 151 cm³/mol. The number of amides is 2. The van der Waals surface area contributed by atoms with Crippen LogP contribution in [-0.4, -0.2) is 85.2 Å². The number of likely N-dealkylation sites (tertiary alicyclic amines) is 1. The van der Waals surface area contributed by atoms with Gasteiger partial charge in [0, 0.05) is 52.1 Å². The fourth-order valence-corrected chi connectivity index (χ4v) is 5.64. The van der Waals surface area contributed by atoms with Gasteiger partial charge < -0.3 is 34.2 Å². The van der Waals surface area contributed by atoms with Gasteiger partial charge in [0.2, 0.25) is 5.91 Å². The highest BCUT2D eigenvalue weighted by Crippen LogP contribution is 2.43. The third kappa shape index (κ3) is 7.99. The summed E-state index contributed by atoms with van der Waals surface area (Å²) < 4.78 is 71.0. The van der Waals surface area contributed by atoms with Crippen molar-refractivity contribution in [2.24, 2.45) is 5.92 Å². The molecule has 1 saturated carbocycles. The monoisotopic (exact) mass is 626 g/mol. The van der Waals surface area contributed by atoms with Crippen LogP contribution in [0, 0.1) is 11.7 Å². The summed E-state index contributed by atoms with van der Waals surface area (Å²) in [6, 6.07) is 7.22.